The van der Waals surface area contributed by atoms with E-state index in [9.17, 15) is 4.79 Å². The molecule has 2 aliphatic rings. The van der Waals surface area contributed by atoms with E-state index < -0.39 is 5.41 Å². The Hall–Kier alpha value is -1.77. The van der Waals surface area contributed by atoms with Gasteiger partial charge in [0, 0.05) is 0 Å². The number of benzene rings is 1. The van der Waals surface area contributed by atoms with Crippen molar-refractivity contribution in [2.75, 3.05) is 12.4 Å². The standard InChI is InChI=1S/C18H23NO2/c1-12-17(2,3)13-9-10-18(12,11-13)16(20)19-14-7-5-6-8-15(14)21-4/h5-8,13H,1,9-11H2,2-4H3,(H,19,20)/t13-,18-/m1/s1. The van der Waals surface area contributed by atoms with E-state index in [-0.39, 0.29) is 11.3 Å². The van der Waals surface area contributed by atoms with Gasteiger partial charge in [0.05, 0.1) is 18.2 Å². The Morgan fingerprint density at radius 1 is 1.38 bits per heavy atom. The fourth-order valence-corrected chi connectivity index (χ4v) is 4.13. The SMILES string of the molecule is C=C1C(C)(C)[C@@H]2CC[C@@]1(C(=O)Nc1ccccc1OC)C2. The van der Waals surface area contributed by atoms with Crippen molar-refractivity contribution >= 4 is 11.6 Å². The van der Waals surface area contributed by atoms with Crippen LogP contribution in [0.15, 0.2) is 36.4 Å². The van der Waals surface area contributed by atoms with Crippen LogP contribution in [0, 0.1) is 16.7 Å². The van der Waals surface area contributed by atoms with E-state index >= 15 is 0 Å². The fourth-order valence-electron chi connectivity index (χ4n) is 4.13. The summed E-state index contributed by atoms with van der Waals surface area (Å²) in [4.78, 5) is 12.9. The molecule has 2 aliphatic carbocycles. The summed E-state index contributed by atoms with van der Waals surface area (Å²) in [5.74, 6) is 1.35. The molecule has 1 aromatic carbocycles. The molecule has 0 heterocycles. The van der Waals surface area contributed by atoms with Gasteiger partial charge in [-0.1, -0.05) is 38.1 Å². The van der Waals surface area contributed by atoms with Crippen molar-refractivity contribution in [3.8, 4) is 5.75 Å². The third-order valence-electron chi connectivity index (χ3n) is 5.68. The van der Waals surface area contributed by atoms with Crippen molar-refractivity contribution in [3.63, 3.8) is 0 Å². The number of hydrogen-bond donors (Lipinski definition) is 1. The van der Waals surface area contributed by atoms with Gasteiger partial charge in [-0.05, 0) is 42.7 Å². The van der Waals surface area contributed by atoms with Crippen LogP contribution in [0.4, 0.5) is 5.69 Å². The number of hydrogen-bond acceptors (Lipinski definition) is 2. The van der Waals surface area contributed by atoms with E-state index in [0.29, 0.717) is 11.7 Å². The average molecular weight is 285 g/mol. The van der Waals surface area contributed by atoms with Crippen molar-refractivity contribution in [1.82, 2.24) is 0 Å². The maximum absolute atomic E-state index is 12.9. The van der Waals surface area contributed by atoms with Crippen LogP contribution in [0.2, 0.25) is 0 Å². The minimum absolute atomic E-state index is 0.0658. The first-order chi connectivity index (χ1) is 9.91. The molecule has 21 heavy (non-hydrogen) atoms. The van der Waals surface area contributed by atoms with Crippen molar-refractivity contribution in [1.29, 1.82) is 0 Å². The molecule has 0 unspecified atom stereocenters. The molecule has 0 radical (unpaired) electrons. The summed E-state index contributed by atoms with van der Waals surface area (Å²) in [7, 11) is 1.62. The summed E-state index contributed by atoms with van der Waals surface area (Å²) in [6.45, 7) is 8.71. The highest BCUT2D eigenvalue weighted by molar-refractivity contribution is 5.99. The monoisotopic (exact) mass is 285 g/mol. The van der Waals surface area contributed by atoms with Gasteiger partial charge in [0.15, 0.2) is 0 Å². The molecule has 0 aromatic heterocycles. The Morgan fingerprint density at radius 2 is 2.10 bits per heavy atom. The zero-order valence-corrected chi connectivity index (χ0v) is 13.0. The second kappa shape index (κ2) is 4.62. The van der Waals surface area contributed by atoms with Crippen LogP contribution in [-0.2, 0) is 4.79 Å². The predicted octanol–water partition coefficient (Wildman–Crippen LogP) is 4.02. The number of ether oxygens (including phenoxy) is 1. The van der Waals surface area contributed by atoms with E-state index in [1.807, 2.05) is 24.3 Å². The highest BCUT2D eigenvalue weighted by atomic mass is 16.5. The maximum Gasteiger partial charge on any atom is 0.234 e. The quantitative estimate of drug-likeness (QED) is 0.852. The van der Waals surface area contributed by atoms with Gasteiger partial charge in [0.25, 0.3) is 0 Å². The number of anilines is 1. The molecule has 3 rings (SSSR count). The van der Waals surface area contributed by atoms with Crippen molar-refractivity contribution in [2.24, 2.45) is 16.7 Å². The Balaban J connectivity index is 1.88. The van der Waals surface area contributed by atoms with Crippen LogP contribution in [0.5, 0.6) is 5.75 Å². The Labute approximate surface area is 126 Å². The van der Waals surface area contributed by atoms with E-state index in [4.69, 9.17) is 4.74 Å². The zero-order valence-electron chi connectivity index (χ0n) is 13.0. The molecule has 0 spiro atoms. The molecule has 0 saturated heterocycles. The molecule has 112 valence electrons. The van der Waals surface area contributed by atoms with Gasteiger partial charge >= 0.3 is 0 Å². The predicted molar refractivity (Wildman–Crippen MR) is 84.3 cm³/mol. The fraction of sp³-hybridized carbons (Fsp3) is 0.500. The number of methoxy groups -OCH3 is 1. The lowest BCUT2D eigenvalue weighted by Gasteiger charge is -2.37. The molecular weight excluding hydrogens is 262 g/mol. The van der Waals surface area contributed by atoms with Crippen LogP contribution in [-0.4, -0.2) is 13.0 Å². The van der Waals surface area contributed by atoms with E-state index in [0.717, 1.165) is 30.5 Å². The van der Waals surface area contributed by atoms with Gasteiger partial charge in [-0.15, -0.1) is 0 Å². The summed E-state index contributed by atoms with van der Waals surface area (Å²) in [5, 5.41) is 3.07. The lowest BCUT2D eigenvalue weighted by atomic mass is 9.68. The topological polar surface area (TPSA) is 38.3 Å². The summed E-state index contributed by atoms with van der Waals surface area (Å²) in [6, 6.07) is 7.54. The summed E-state index contributed by atoms with van der Waals surface area (Å²) in [5.41, 5.74) is 1.50. The lowest BCUT2D eigenvalue weighted by Crippen LogP contribution is -2.37. The Bertz CT molecular complexity index is 605. The van der Waals surface area contributed by atoms with Crippen LogP contribution in [0.3, 0.4) is 0 Å². The molecule has 2 atom stereocenters. The van der Waals surface area contributed by atoms with Crippen LogP contribution in [0.25, 0.3) is 0 Å². The van der Waals surface area contributed by atoms with Crippen molar-refractivity contribution < 1.29 is 9.53 Å². The average Bonchev–Trinajstić information content (AvgIpc) is 3.00. The number of fused-ring (bicyclic) bond motifs is 2. The van der Waals surface area contributed by atoms with Gasteiger partial charge in [-0.25, -0.2) is 0 Å². The zero-order chi connectivity index (χ0) is 15.3. The second-order valence-corrected chi connectivity index (χ2v) is 6.88. The van der Waals surface area contributed by atoms with Gasteiger partial charge in [0.1, 0.15) is 5.75 Å². The Morgan fingerprint density at radius 3 is 2.71 bits per heavy atom. The van der Waals surface area contributed by atoms with Crippen LogP contribution < -0.4 is 10.1 Å². The van der Waals surface area contributed by atoms with Crippen molar-refractivity contribution in [3.05, 3.63) is 36.4 Å². The first-order valence-electron chi connectivity index (χ1n) is 7.56. The third kappa shape index (κ3) is 1.90. The maximum atomic E-state index is 12.9. The molecule has 3 nitrogen and oxygen atoms in total. The number of para-hydroxylation sites is 2. The normalized spacial score (nSPS) is 29.5. The largest absolute Gasteiger partial charge is 0.495 e. The highest BCUT2D eigenvalue weighted by Crippen LogP contribution is 2.65. The number of amides is 1. The van der Waals surface area contributed by atoms with Gasteiger partial charge < -0.3 is 10.1 Å². The third-order valence-corrected chi connectivity index (χ3v) is 5.68. The molecule has 0 aliphatic heterocycles. The number of carbonyl (C=O) groups is 1. The summed E-state index contributed by atoms with van der Waals surface area (Å²) >= 11 is 0. The van der Waals surface area contributed by atoms with Crippen molar-refractivity contribution in [2.45, 2.75) is 33.1 Å². The Kier molecular flexibility index (Phi) is 3.12. The minimum Gasteiger partial charge on any atom is -0.495 e. The number of carbonyl (C=O) groups excluding carboxylic acids is 1. The van der Waals surface area contributed by atoms with Crippen LogP contribution in [0.1, 0.15) is 33.1 Å². The second-order valence-electron chi connectivity index (χ2n) is 6.88. The van der Waals surface area contributed by atoms with Crippen LogP contribution >= 0.6 is 0 Å². The number of nitrogens with one attached hydrogen (secondary N) is 1. The molecule has 2 fully saturated rings. The molecule has 2 bridgehead atoms. The number of rotatable bonds is 3. The first kappa shape index (κ1) is 14.2. The molecule has 1 aromatic rings. The molecule has 1 N–H and O–H groups in total. The van der Waals surface area contributed by atoms with E-state index in [2.05, 4.69) is 25.7 Å². The smallest absolute Gasteiger partial charge is 0.234 e. The molecule has 3 heteroatoms. The molecule has 2 saturated carbocycles. The van der Waals surface area contributed by atoms with E-state index in [1.165, 1.54) is 0 Å². The van der Waals surface area contributed by atoms with Gasteiger partial charge in [0.2, 0.25) is 5.91 Å². The van der Waals surface area contributed by atoms with E-state index in [1.54, 1.807) is 7.11 Å². The lowest BCUT2D eigenvalue weighted by molar-refractivity contribution is -0.123. The summed E-state index contributed by atoms with van der Waals surface area (Å²) in [6.07, 6.45) is 2.96. The first-order valence-corrected chi connectivity index (χ1v) is 7.56. The minimum atomic E-state index is -0.394. The molecule has 1 amide bonds. The van der Waals surface area contributed by atoms with Gasteiger partial charge in [-0.3, -0.25) is 4.79 Å². The highest BCUT2D eigenvalue weighted by Gasteiger charge is 2.60. The molecular formula is C18H23NO2. The summed E-state index contributed by atoms with van der Waals surface area (Å²) < 4.78 is 5.32. The van der Waals surface area contributed by atoms with Gasteiger partial charge in [-0.2, -0.15) is 0 Å².